The highest BCUT2D eigenvalue weighted by atomic mass is 16.6. The van der Waals surface area contributed by atoms with E-state index in [1.54, 1.807) is 19.0 Å². The zero-order valence-electron chi connectivity index (χ0n) is 16.2. The van der Waals surface area contributed by atoms with Gasteiger partial charge in [-0.15, -0.1) is 0 Å². The molecule has 1 aromatic rings. The van der Waals surface area contributed by atoms with Crippen molar-refractivity contribution in [2.75, 3.05) is 19.0 Å². The number of carbonyl (C=O) groups excluding carboxylic acids is 2. The van der Waals surface area contributed by atoms with E-state index in [2.05, 4.69) is 10.9 Å². The molecule has 0 heterocycles. The van der Waals surface area contributed by atoms with Crippen LogP contribution in [-0.2, 0) is 4.79 Å². The first-order valence-corrected chi connectivity index (χ1v) is 9.84. The van der Waals surface area contributed by atoms with E-state index in [-0.39, 0.29) is 22.6 Å². The molecule has 0 saturated heterocycles. The van der Waals surface area contributed by atoms with Crippen molar-refractivity contribution in [2.24, 2.45) is 23.2 Å². The highest BCUT2D eigenvalue weighted by Gasteiger charge is 2.54. The van der Waals surface area contributed by atoms with Gasteiger partial charge in [0.2, 0.25) is 5.91 Å². The fourth-order valence-corrected chi connectivity index (χ4v) is 5.90. The minimum Gasteiger partial charge on any atom is -0.372 e. The summed E-state index contributed by atoms with van der Waals surface area (Å²) in [5, 5.41) is 11.3. The van der Waals surface area contributed by atoms with E-state index in [4.69, 9.17) is 0 Å². The summed E-state index contributed by atoms with van der Waals surface area (Å²) in [6.45, 7) is 0. The quantitative estimate of drug-likeness (QED) is 0.611. The van der Waals surface area contributed by atoms with Crippen molar-refractivity contribution in [3.05, 3.63) is 33.9 Å². The average molecular weight is 386 g/mol. The van der Waals surface area contributed by atoms with Gasteiger partial charge in [0.1, 0.15) is 5.69 Å². The highest BCUT2D eigenvalue weighted by Crippen LogP contribution is 2.60. The number of carbonyl (C=O) groups is 2. The maximum absolute atomic E-state index is 12.9. The van der Waals surface area contributed by atoms with Gasteiger partial charge in [0, 0.05) is 25.7 Å². The summed E-state index contributed by atoms with van der Waals surface area (Å²) in [7, 11) is 3.40. The first-order valence-electron chi connectivity index (χ1n) is 9.84. The number of hydrogen-bond donors (Lipinski definition) is 2. The molecule has 150 valence electrons. The monoisotopic (exact) mass is 386 g/mol. The van der Waals surface area contributed by atoms with Crippen molar-refractivity contribution in [3.63, 3.8) is 0 Å². The number of amides is 2. The molecule has 28 heavy (non-hydrogen) atoms. The molecule has 0 radical (unpaired) electrons. The number of nitrogens with zero attached hydrogens (tertiary/aromatic N) is 2. The second-order valence-electron chi connectivity index (χ2n) is 8.96. The number of nitrogens with one attached hydrogen (secondary N) is 2. The maximum Gasteiger partial charge on any atom is 0.293 e. The zero-order valence-corrected chi connectivity index (χ0v) is 16.2. The molecule has 4 aliphatic carbocycles. The van der Waals surface area contributed by atoms with Gasteiger partial charge in [0.15, 0.2) is 0 Å². The third-order valence-corrected chi connectivity index (χ3v) is 6.73. The molecule has 8 heteroatoms. The molecule has 4 saturated carbocycles. The highest BCUT2D eigenvalue weighted by molar-refractivity contribution is 5.97. The smallest absolute Gasteiger partial charge is 0.293 e. The standard InChI is InChI=1S/C20H26N4O4/c1-23(2)16-4-3-15(8-17(16)24(27)28)18(25)21-22-19(26)20-9-12-5-13(10-20)7-14(6-12)11-20/h3-4,8,12-14H,5-7,9-11H2,1-2H3,(H,21,25)(H,22,26). The average Bonchev–Trinajstić information content (AvgIpc) is 2.64. The van der Waals surface area contributed by atoms with Crippen LogP contribution < -0.4 is 15.8 Å². The number of anilines is 1. The molecule has 4 bridgehead atoms. The molecule has 5 rings (SSSR count). The molecule has 8 nitrogen and oxygen atoms in total. The number of hydrazine groups is 1. The van der Waals surface area contributed by atoms with Crippen LogP contribution in [0.3, 0.4) is 0 Å². The molecule has 2 amide bonds. The Morgan fingerprint density at radius 1 is 1.07 bits per heavy atom. The van der Waals surface area contributed by atoms with Crippen molar-refractivity contribution in [1.29, 1.82) is 0 Å². The number of hydrogen-bond acceptors (Lipinski definition) is 5. The lowest BCUT2D eigenvalue weighted by Gasteiger charge is -2.55. The molecule has 0 unspecified atom stereocenters. The van der Waals surface area contributed by atoms with Gasteiger partial charge in [-0.2, -0.15) is 0 Å². The molecular weight excluding hydrogens is 360 g/mol. The summed E-state index contributed by atoms with van der Waals surface area (Å²) in [5.41, 5.74) is 5.12. The summed E-state index contributed by atoms with van der Waals surface area (Å²) in [4.78, 5) is 37.8. The van der Waals surface area contributed by atoms with E-state index < -0.39 is 10.8 Å². The molecular formula is C20H26N4O4. The molecule has 4 aliphatic rings. The number of rotatable bonds is 4. The lowest BCUT2D eigenvalue weighted by molar-refractivity contribution is -0.384. The summed E-state index contributed by atoms with van der Waals surface area (Å²) < 4.78 is 0. The largest absolute Gasteiger partial charge is 0.372 e. The van der Waals surface area contributed by atoms with Gasteiger partial charge in [0.25, 0.3) is 11.6 Å². The summed E-state index contributed by atoms with van der Waals surface area (Å²) in [5.74, 6) is 1.24. The fourth-order valence-electron chi connectivity index (χ4n) is 5.90. The van der Waals surface area contributed by atoms with E-state index in [1.807, 2.05) is 0 Å². The summed E-state index contributed by atoms with van der Waals surface area (Å²) >= 11 is 0. The molecule has 0 aliphatic heterocycles. The molecule has 0 aromatic heterocycles. The van der Waals surface area contributed by atoms with Crippen LogP contribution in [0.25, 0.3) is 0 Å². The van der Waals surface area contributed by atoms with Crippen LogP contribution >= 0.6 is 0 Å². The van der Waals surface area contributed by atoms with E-state index >= 15 is 0 Å². The minimum absolute atomic E-state index is 0.112. The predicted molar refractivity (Wildman–Crippen MR) is 104 cm³/mol. The van der Waals surface area contributed by atoms with Crippen LogP contribution in [0.2, 0.25) is 0 Å². The van der Waals surface area contributed by atoms with Crippen LogP contribution in [0, 0.1) is 33.3 Å². The number of nitro groups is 1. The minimum atomic E-state index is -0.550. The second-order valence-corrected chi connectivity index (χ2v) is 8.96. The first-order chi connectivity index (χ1) is 13.3. The summed E-state index contributed by atoms with van der Waals surface area (Å²) in [6.07, 6.45) is 6.43. The van der Waals surface area contributed by atoms with Crippen molar-refractivity contribution in [3.8, 4) is 0 Å². The molecule has 0 atom stereocenters. The van der Waals surface area contributed by atoms with Crippen LogP contribution in [0.15, 0.2) is 18.2 Å². The van der Waals surface area contributed by atoms with Crippen LogP contribution in [0.5, 0.6) is 0 Å². The topological polar surface area (TPSA) is 105 Å². The van der Waals surface area contributed by atoms with E-state index in [9.17, 15) is 19.7 Å². The Morgan fingerprint density at radius 2 is 1.64 bits per heavy atom. The van der Waals surface area contributed by atoms with Gasteiger partial charge < -0.3 is 4.90 Å². The van der Waals surface area contributed by atoms with Gasteiger partial charge in [-0.3, -0.25) is 30.6 Å². The Bertz CT molecular complexity index is 800. The lowest BCUT2D eigenvalue weighted by Crippen LogP contribution is -2.56. The van der Waals surface area contributed by atoms with E-state index in [1.165, 1.54) is 37.5 Å². The van der Waals surface area contributed by atoms with E-state index in [0.717, 1.165) is 19.3 Å². The molecule has 2 N–H and O–H groups in total. The van der Waals surface area contributed by atoms with Gasteiger partial charge in [-0.25, -0.2) is 0 Å². The zero-order chi connectivity index (χ0) is 20.1. The number of benzene rings is 1. The van der Waals surface area contributed by atoms with Crippen LogP contribution in [0.4, 0.5) is 11.4 Å². The van der Waals surface area contributed by atoms with Gasteiger partial charge in [0.05, 0.1) is 10.3 Å². The van der Waals surface area contributed by atoms with Crippen molar-refractivity contribution in [2.45, 2.75) is 38.5 Å². The normalized spacial score (nSPS) is 30.0. The Morgan fingerprint density at radius 3 is 2.14 bits per heavy atom. The maximum atomic E-state index is 12.9. The SMILES string of the molecule is CN(C)c1ccc(C(=O)NNC(=O)C23CC4CC(CC(C4)C2)C3)cc1[N+](=O)[O-]. The van der Waals surface area contributed by atoms with Crippen LogP contribution in [0.1, 0.15) is 48.9 Å². The van der Waals surface area contributed by atoms with Crippen molar-refractivity contribution >= 4 is 23.2 Å². The van der Waals surface area contributed by atoms with Gasteiger partial charge in [-0.05, 0) is 68.4 Å². The Labute approximate surface area is 163 Å². The predicted octanol–water partition coefficient (Wildman–Crippen LogP) is 2.64. The second kappa shape index (κ2) is 6.76. The van der Waals surface area contributed by atoms with Gasteiger partial charge in [-0.1, -0.05) is 0 Å². The van der Waals surface area contributed by atoms with Crippen molar-refractivity contribution in [1.82, 2.24) is 10.9 Å². The van der Waals surface area contributed by atoms with E-state index in [0.29, 0.717) is 23.4 Å². The Balaban J connectivity index is 1.44. The molecule has 0 spiro atoms. The Kier molecular flexibility index (Phi) is 4.51. The Hall–Kier alpha value is -2.64. The van der Waals surface area contributed by atoms with Crippen LogP contribution in [-0.4, -0.2) is 30.8 Å². The third kappa shape index (κ3) is 3.21. The lowest BCUT2D eigenvalue weighted by atomic mass is 9.49. The van der Waals surface area contributed by atoms with Crippen molar-refractivity contribution < 1.29 is 14.5 Å². The molecule has 4 fully saturated rings. The van der Waals surface area contributed by atoms with Gasteiger partial charge >= 0.3 is 0 Å². The first kappa shape index (κ1) is 18.7. The molecule has 1 aromatic carbocycles. The number of nitro benzene ring substituents is 1. The fraction of sp³-hybridized carbons (Fsp3) is 0.600. The summed E-state index contributed by atoms with van der Waals surface area (Å²) in [6, 6.07) is 4.30. The third-order valence-electron chi connectivity index (χ3n) is 6.73.